The van der Waals surface area contributed by atoms with Gasteiger partial charge in [-0.1, -0.05) is 127 Å². The van der Waals surface area contributed by atoms with E-state index in [9.17, 15) is 0 Å². The first-order valence-electron chi connectivity index (χ1n) is 18.7. The van der Waals surface area contributed by atoms with Crippen LogP contribution in [0.15, 0.2) is 206 Å². The number of benzene rings is 9. The van der Waals surface area contributed by atoms with Crippen molar-refractivity contribution in [3.8, 4) is 27.9 Å². The summed E-state index contributed by atoms with van der Waals surface area (Å²) in [5, 5.41) is 7.55. The second-order valence-corrected chi connectivity index (χ2v) is 15.3. The Kier molecular flexibility index (Phi) is 7.39. The van der Waals surface area contributed by atoms with E-state index >= 15 is 0 Å². The maximum atomic E-state index is 2.44. The molecule has 0 saturated carbocycles. The van der Waals surface area contributed by atoms with Crippen LogP contribution in [0.2, 0.25) is 0 Å². The van der Waals surface area contributed by atoms with E-state index in [0.717, 1.165) is 28.3 Å². The average molecular weight is 719 g/mol. The molecular weight excluding hydrogens is 685 g/mol. The highest BCUT2D eigenvalue weighted by Crippen LogP contribution is 2.42. The van der Waals surface area contributed by atoms with Gasteiger partial charge in [-0.15, -0.1) is 11.3 Å². The van der Waals surface area contributed by atoms with Crippen molar-refractivity contribution in [1.82, 2.24) is 4.57 Å². The largest absolute Gasteiger partial charge is 0.310 e. The molecule has 2 heterocycles. The van der Waals surface area contributed by atoms with Gasteiger partial charge in [0.15, 0.2) is 0 Å². The van der Waals surface area contributed by atoms with Crippen molar-refractivity contribution in [1.29, 1.82) is 0 Å². The first-order chi connectivity index (χ1) is 27.2. The Morgan fingerprint density at radius 3 is 1.78 bits per heavy atom. The zero-order valence-electron chi connectivity index (χ0n) is 29.9. The van der Waals surface area contributed by atoms with Gasteiger partial charge in [0.1, 0.15) is 0 Å². The molecule has 0 aliphatic heterocycles. The second kappa shape index (κ2) is 12.9. The van der Waals surface area contributed by atoms with Crippen molar-refractivity contribution in [2.24, 2.45) is 0 Å². The molecule has 0 aliphatic rings. The van der Waals surface area contributed by atoms with Crippen molar-refractivity contribution in [3.05, 3.63) is 206 Å². The fraction of sp³-hybridized carbons (Fsp3) is 0. The van der Waals surface area contributed by atoms with Crippen molar-refractivity contribution < 1.29 is 0 Å². The molecule has 0 unspecified atom stereocenters. The fourth-order valence-electron chi connectivity index (χ4n) is 8.29. The highest BCUT2D eigenvalue weighted by atomic mass is 32.1. The number of aromatic nitrogens is 1. The summed E-state index contributed by atoms with van der Waals surface area (Å²) in [5.41, 5.74) is 11.7. The summed E-state index contributed by atoms with van der Waals surface area (Å²) >= 11 is 1.86. The van der Waals surface area contributed by atoms with Crippen LogP contribution in [0, 0.1) is 0 Å². The molecule has 11 aromatic rings. The molecular formula is C52H34N2S. The van der Waals surface area contributed by atoms with Crippen molar-refractivity contribution in [3.63, 3.8) is 0 Å². The highest BCUT2D eigenvalue weighted by Gasteiger charge is 2.19. The summed E-state index contributed by atoms with van der Waals surface area (Å²) in [6, 6.07) is 75.3. The molecule has 2 nitrogen and oxygen atoms in total. The van der Waals surface area contributed by atoms with Crippen LogP contribution in [0.25, 0.3) is 80.7 Å². The Morgan fingerprint density at radius 1 is 0.327 bits per heavy atom. The van der Waals surface area contributed by atoms with Gasteiger partial charge in [0.05, 0.1) is 11.0 Å². The molecule has 2 aromatic heterocycles. The van der Waals surface area contributed by atoms with Gasteiger partial charge in [-0.25, -0.2) is 0 Å². The number of fused-ring (bicyclic) bond motifs is 7. The summed E-state index contributed by atoms with van der Waals surface area (Å²) in [4.78, 5) is 2.37. The molecule has 0 spiro atoms. The lowest BCUT2D eigenvalue weighted by Crippen LogP contribution is -2.10. The first kappa shape index (κ1) is 31.6. The van der Waals surface area contributed by atoms with E-state index in [4.69, 9.17) is 0 Å². The molecule has 0 atom stereocenters. The molecule has 258 valence electrons. The molecule has 0 aliphatic carbocycles. The number of rotatable bonds is 6. The maximum Gasteiger partial charge on any atom is 0.0561 e. The Morgan fingerprint density at radius 2 is 0.945 bits per heavy atom. The number of nitrogens with zero attached hydrogens (tertiary/aromatic N) is 2. The Hall–Kier alpha value is -6.94. The van der Waals surface area contributed by atoms with E-state index in [1.165, 1.54) is 69.5 Å². The fourth-order valence-corrected chi connectivity index (χ4v) is 9.37. The molecule has 0 amide bonds. The van der Waals surface area contributed by atoms with Crippen LogP contribution in [-0.2, 0) is 0 Å². The molecule has 55 heavy (non-hydrogen) atoms. The Labute approximate surface area is 323 Å². The Balaban J connectivity index is 1.12. The predicted octanol–water partition coefficient (Wildman–Crippen LogP) is 15.1. The standard InChI is InChI=1S/C52H34N2S/c1-3-11-35(12-4-1)37-19-24-42(25-20-37)54-49-29-22-39(40-23-30-52-48(33-40)46-17-9-10-18-51(46)55-52)32-47(49)45-28-27-44(34-50(45)54)53(41-15-5-2-6-16-41)43-26-21-36-13-7-8-14-38(36)31-43/h1-34H. The number of anilines is 3. The van der Waals surface area contributed by atoms with Crippen LogP contribution < -0.4 is 4.90 Å². The number of hydrogen-bond donors (Lipinski definition) is 0. The summed E-state index contributed by atoms with van der Waals surface area (Å²) in [5.74, 6) is 0. The van der Waals surface area contributed by atoms with E-state index in [1.54, 1.807) is 0 Å². The van der Waals surface area contributed by atoms with E-state index in [1.807, 2.05) is 11.3 Å². The summed E-state index contributed by atoms with van der Waals surface area (Å²) in [7, 11) is 0. The quantitative estimate of drug-likeness (QED) is 0.166. The SMILES string of the molecule is c1ccc(-c2ccc(-n3c4ccc(-c5ccc6sc7ccccc7c6c5)cc4c4ccc(N(c5ccccc5)c5ccc6ccccc6c5)cc43)cc2)cc1. The molecule has 0 saturated heterocycles. The van der Waals surface area contributed by atoms with Gasteiger partial charge in [0, 0.05) is 53.7 Å². The number of thiophene rings is 1. The van der Waals surface area contributed by atoms with Gasteiger partial charge in [-0.05, 0) is 112 Å². The third-order valence-corrected chi connectivity index (χ3v) is 12.1. The van der Waals surface area contributed by atoms with Crippen LogP contribution in [0.3, 0.4) is 0 Å². The third kappa shape index (κ3) is 5.40. The lowest BCUT2D eigenvalue weighted by molar-refractivity contribution is 1.18. The highest BCUT2D eigenvalue weighted by molar-refractivity contribution is 7.25. The molecule has 11 rings (SSSR count). The normalized spacial score (nSPS) is 11.6. The van der Waals surface area contributed by atoms with Crippen LogP contribution in [0.1, 0.15) is 0 Å². The van der Waals surface area contributed by atoms with Crippen LogP contribution >= 0.6 is 11.3 Å². The van der Waals surface area contributed by atoms with Gasteiger partial charge in [0.25, 0.3) is 0 Å². The molecule has 0 fully saturated rings. The number of para-hydroxylation sites is 1. The molecule has 9 aromatic carbocycles. The summed E-state index contributed by atoms with van der Waals surface area (Å²) < 4.78 is 5.09. The Bertz CT molecular complexity index is 3190. The zero-order chi connectivity index (χ0) is 36.3. The average Bonchev–Trinajstić information content (AvgIpc) is 3.79. The van der Waals surface area contributed by atoms with E-state index in [2.05, 4.69) is 216 Å². The third-order valence-electron chi connectivity index (χ3n) is 11.0. The predicted molar refractivity (Wildman–Crippen MR) is 237 cm³/mol. The minimum atomic E-state index is 1.11. The minimum absolute atomic E-state index is 1.11. The van der Waals surface area contributed by atoms with Crippen molar-refractivity contribution in [2.45, 2.75) is 0 Å². The van der Waals surface area contributed by atoms with Crippen LogP contribution in [-0.4, -0.2) is 4.57 Å². The van der Waals surface area contributed by atoms with Crippen molar-refractivity contribution in [2.75, 3.05) is 4.90 Å². The first-order valence-corrected chi connectivity index (χ1v) is 19.6. The minimum Gasteiger partial charge on any atom is -0.310 e. The van der Waals surface area contributed by atoms with Gasteiger partial charge >= 0.3 is 0 Å². The number of hydrogen-bond acceptors (Lipinski definition) is 2. The molecule has 0 radical (unpaired) electrons. The lowest BCUT2D eigenvalue weighted by atomic mass is 10.0. The summed E-state index contributed by atoms with van der Waals surface area (Å²) in [6.45, 7) is 0. The molecule has 0 bridgehead atoms. The monoisotopic (exact) mass is 718 g/mol. The van der Waals surface area contributed by atoms with Crippen LogP contribution in [0.5, 0.6) is 0 Å². The van der Waals surface area contributed by atoms with Gasteiger partial charge in [-0.2, -0.15) is 0 Å². The van der Waals surface area contributed by atoms with E-state index in [-0.39, 0.29) is 0 Å². The summed E-state index contributed by atoms with van der Waals surface area (Å²) in [6.07, 6.45) is 0. The molecule has 0 N–H and O–H groups in total. The second-order valence-electron chi connectivity index (χ2n) is 14.2. The maximum absolute atomic E-state index is 2.44. The zero-order valence-corrected chi connectivity index (χ0v) is 30.7. The molecule has 3 heteroatoms. The van der Waals surface area contributed by atoms with Gasteiger partial charge in [-0.3, -0.25) is 0 Å². The smallest absolute Gasteiger partial charge is 0.0561 e. The lowest BCUT2D eigenvalue weighted by Gasteiger charge is -2.26. The van der Waals surface area contributed by atoms with E-state index < -0.39 is 0 Å². The van der Waals surface area contributed by atoms with E-state index in [0.29, 0.717) is 0 Å². The van der Waals surface area contributed by atoms with Gasteiger partial charge < -0.3 is 9.47 Å². The van der Waals surface area contributed by atoms with Crippen molar-refractivity contribution >= 4 is 81.1 Å². The topological polar surface area (TPSA) is 8.17 Å². The van der Waals surface area contributed by atoms with Crippen LogP contribution in [0.4, 0.5) is 17.1 Å². The van der Waals surface area contributed by atoms with Gasteiger partial charge in [0.2, 0.25) is 0 Å².